The smallest absolute Gasteiger partial charge is 0.243 e. The highest BCUT2D eigenvalue weighted by atomic mass is 32.2. The molecule has 0 unspecified atom stereocenters. The van der Waals surface area contributed by atoms with Gasteiger partial charge in [-0.1, -0.05) is 25.5 Å². The van der Waals surface area contributed by atoms with Gasteiger partial charge in [0.2, 0.25) is 15.9 Å². The predicted molar refractivity (Wildman–Crippen MR) is 100 cm³/mol. The van der Waals surface area contributed by atoms with Crippen molar-refractivity contribution in [2.45, 2.75) is 56.4 Å². The van der Waals surface area contributed by atoms with Crippen LogP contribution in [0.4, 0.5) is 0 Å². The van der Waals surface area contributed by atoms with Crippen LogP contribution in [0, 0.1) is 11.8 Å². The van der Waals surface area contributed by atoms with Crippen molar-refractivity contribution < 1.29 is 13.2 Å². The molecule has 1 aromatic carbocycles. The van der Waals surface area contributed by atoms with Crippen LogP contribution in [0.5, 0.6) is 0 Å². The number of benzene rings is 1. The normalized spacial score (nSPS) is 27.4. The molecule has 3 heterocycles. The Morgan fingerprint density at radius 3 is 2.38 bits per heavy atom. The molecular formula is C20H28N2O3S. The molecule has 5 nitrogen and oxygen atoms in total. The molecule has 0 aromatic heterocycles. The van der Waals surface area contributed by atoms with E-state index in [9.17, 15) is 13.2 Å². The first-order chi connectivity index (χ1) is 12.5. The number of hydrogen-bond acceptors (Lipinski definition) is 3. The summed E-state index contributed by atoms with van der Waals surface area (Å²) in [5.74, 6) is 0.607. The van der Waals surface area contributed by atoms with Gasteiger partial charge in [0, 0.05) is 25.7 Å². The van der Waals surface area contributed by atoms with E-state index in [-0.39, 0.29) is 17.9 Å². The second-order valence-electron chi connectivity index (χ2n) is 8.04. The number of sulfonamides is 1. The van der Waals surface area contributed by atoms with Crippen molar-refractivity contribution >= 4 is 15.9 Å². The molecule has 1 saturated carbocycles. The van der Waals surface area contributed by atoms with Crippen LogP contribution in [0.2, 0.25) is 0 Å². The van der Waals surface area contributed by atoms with Gasteiger partial charge in [-0.25, -0.2) is 8.42 Å². The number of piperidine rings is 1. The van der Waals surface area contributed by atoms with E-state index in [0.717, 1.165) is 31.4 Å². The van der Waals surface area contributed by atoms with Crippen LogP contribution in [-0.4, -0.2) is 49.2 Å². The van der Waals surface area contributed by atoms with Gasteiger partial charge in [-0.3, -0.25) is 4.79 Å². The molecule has 1 aliphatic carbocycles. The van der Waals surface area contributed by atoms with Crippen LogP contribution in [0.3, 0.4) is 0 Å². The molecule has 3 aliphatic heterocycles. The summed E-state index contributed by atoms with van der Waals surface area (Å²) in [4.78, 5) is 15.2. The summed E-state index contributed by atoms with van der Waals surface area (Å²) in [6.45, 7) is 3.64. The Balaban J connectivity index is 1.56. The van der Waals surface area contributed by atoms with Crippen molar-refractivity contribution in [1.82, 2.24) is 9.21 Å². The molecule has 2 atom stereocenters. The molecule has 4 fully saturated rings. The second-order valence-corrected chi connectivity index (χ2v) is 9.97. The van der Waals surface area contributed by atoms with E-state index in [0.29, 0.717) is 23.9 Å². The van der Waals surface area contributed by atoms with Crippen molar-refractivity contribution in [3.63, 3.8) is 0 Å². The van der Waals surface area contributed by atoms with Gasteiger partial charge in [0.05, 0.1) is 10.8 Å². The lowest BCUT2D eigenvalue weighted by Gasteiger charge is -2.40. The first kappa shape index (κ1) is 18.0. The largest absolute Gasteiger partial charge is 0.338 e. The van der Waals surface area contributed by atoms with Gasteiger partial charge in [-0.05, 0) is 55.7 Å². The summed E-state index contributed by atoms with van der Waals surface area (Å²) in [5.41, 5.74) is 1.13. The van der Waals surface area contributed by atoms with Gasteiger partial charge in [0.25, 0.3) is 0 Å². The number of carbonyl (C=O) groups is 1. The Morgan fingerprint density at radius 2 is 1.77 bits per heavy atom. The van der Waals surface area contributed by atoms with E-state index < -0.39 is 10.0 Å². The van der Waals surface area contributed by atoms with E-state index >= 15 is 0 Å². The Bertz CT molecular complexity index is 771. The van der Waals surface area contributed by atoms with E-state index in [4.69, 9.17) is 0 Å². The average Bonchev–Trinajstić information content (AvgIpc) is 2.90. The number of amides is 1. The van der Waals surface area contributed by atoms with Crippen LogP contribution >= 0.6 is 0 Å². The highest BCUT2D eigenvalue weighted by Gasteiger charge is 2.44. The molecule has 1 aromatic rings. The fraction of sp³-hybridized carbons (Fsp3) is 0.650. The average molecular weight is 377 g/mol. The molecule has 2 bridgehead atoms. The molecule has 26 heavy (non-hydrogen) atoms. The maximum absolute atomic E-state index is 13.2. The summed E-state index contributed by atoms with van der Waals surface area (Å²) in [6.07, 6.45) is 6.28. The quantitative estimate of drug-likeness (QED) is 0.794. The monoisotopic (exact) mass is 376 g/mol. The molecule has 6 heteroatoms. The fourth-order valence-corrected chi connectivity index (χ4v) is 5.96. The zero-order chi connectivity index (χ0) is 18.3. The topological polar surface area (TPSA) is 57.7 Å². The molecule has 0 radical (unpaired) electrons. The van der Waals surface area contributed by atoms with Crippen molar-refractivity contribution in [2.75, 3.05) is 19.6 Å². The number of aryl methyl sites for hydroxylation is 1. The Morgan fingerprint density at radius 1 is 1.04 bits per heavy atom. The van der Waals surface area contributed by atoms with Gasteiger partial charge in [0.15, 0.2) is 0 Å². The number of rotatable bonds is 5. The number of nitrogens with zero attached hydrogens (tertiary/aromatic N) is 2. The molecule has 142 valence electrons. The lowest BCUT2D eigenvalue weighted by molar-refractivity contribution is -0.141. The Hall–Kier alpha value is -1.40. The number of carbonyl (C=O) groups excluding carboxylic acids is 1. The van der Waals surface area contributed by atoms with Gasteiger partial charge in [-0.2, -0.15) is 4.31 Å². The van der Waals surface area contributed by atoms with Crippen LogP contribution in [0.15, 0.2) is 29.2 Å². The molecule has 4 aliphatic rings. The minimum Gasteiger partial charge on any atom is -0.338 e. The van der Waals surface area contributed by atoms with Crippen molar-refractivity contribution in [2.24, 2.45) is 11.8 Å². The van der Waals surface area contributed by atoms with Crippen LogP contribution < -0.4 is 0 Å². The molecular weight excluding hydrogens is 348 g/mol. The maximum atomic E-state index is 13.2. The summed E-state index contributed by atoms with van der Waals surface area (Å²) >= 11 is 0. The summed E-state index contributed by atoms with van der Waals surface area (Å²) in [5, 5.41) is 0. The third kappa shape index (κ3) is 3.18. The third-order valence-electron chi connectivity index (χ3n) is 6.41. The lowest BCUT2D eigenvalue weighted by atomic mass is 9.83. The van der Waals surface area contributed by atoms with Gasteiger partial charge in [-0.15, -0.1) is 0 Å². The zero-order valence-electron chi connectivity index (χ0n) is 15.4. The zero-order valence-corrected chi connectivity index (χ0v) is 16.2. The minimum absolute atomic E-state index is 0.0338. The van der Waals surface area contributed by atoms with E-state index in [2.05, 4.69) is 6.92 Å². The number of fused-ring (bicyclic) bond motifs is 4. The van der Waals surface area contributed by atoms with Crippen LogP contribution in [-0.2, 0) is 21.2 Å². The lowest BCUT2D eigenvalue weighted by Crippen LogP contribution is -2.50. The van der Waals surface area contributed by atoms with Crippen molar-refractivity contribution in [3.8, 4) is 0 Å². The highest BCUT2D eigenvalue weighted by molar-refractivity contribution is 7.89. The molecule has 1 amide bonds. The molecule has 0 N–H and O–H groups in total. The second kappa shape index (κ2) is 6.97. The first-order valence-electron chi connectivity index (χ1n) is 9.88. The Kier molecular flexibility index (Phi) is 4.82. The van der Waals surface area contributed by atoms with E-state index in [1.54, 1.807) is 16.4 Å². The molecule has 3 saturated heterocycles. The SMILES string of the molecule is CCc1ccc(S(=O)(=O)N2C[C@@H]3CC[C@H](C2)N(CC2CCC2)C3=O)cc1. The maximum Gasteiger partial charge on any atom is 0.243 e. The van der Waals surface area contributed by atoms with E-state index in [1.807, 2.05) is 17.0 Å². The summed E-state index contributed by atoms with van der Waals surface area (Å²) in [6, 6.07) is 7.21. The Labute approximate surface area is 156 Å². The van der Waals surface area contributed by atoms with Gasteiger partial charge >= 0.3 is 0 Å². The fourth-order valence-electron chi connectivity index (χ4n) is 4.44. The van der Waals surface area contributed by atoms with Gasteiger partial charge < -0.3 is 4.90 Å². The molecule has 0 spiro atoms. The van der Waals surface area contributed by atoms with Crippen LogP contribution in [0.1, 0.15) is 44.6 Å². The van der Waals surface area contributed by atoms with E-state index in [1.165, 1.54) is 19.3 Å². The molecule has 5 rings (SSSR count). The standard InChI is InChI=1S/C20H28N2O3S/c1-2-15-6-10-19(11-7-15)26(24,25)21-13-17-8-9-18(14-21)22(20(17)23)12-16-4-3-5-16/h6-7,10-11,16-18H,2-5,8-9,12-14H2,1H3/t17-,18+/m0/s1. The van der Waals surface area contributed by atoms with Crippen molar-refractivity contribution in [1.29, 1.82) is 0 Å². The van der Waals surface area contributed by atoms with Gasteiger partial charge in [0.1, 0.15) is 0 Å². The first-order valence-corrected chi connectivity index (χ1v) is 11.3. The predicted octanol–water partition coefficient (Wildman–Crippen LogP) is 2.66. The van der Waals surface area contributed by atoms with Crippen molar-refractivity contribution in [3.05, 3.63) is 29.8 Å². The third-order valence-corrected chi connectivity index (χ3v) is 8.25. The highest BCUT2D eigenvalue weighted by Crippen LogP contribution is 2.35. The minimum atomic E-state index is -3.55. The summed E-state index contributed by atoms with van der Waals surface area (Å²) < 4.78 is 27.9. The summed E-state index contributed by atoms with van der Waals surface area (Å²) in [7, 11) is -3.55. The number of hydrogen-bond donors (Lipinski definition) is 0. The van der Waals surface area contributed by atoms with Crippen LogP contribution in [0.25, 0.3) is 0 Å².